The molecule has 22 heavy (non-hydrogen) atoms. The third-order valence-electron chi connectivity index (χ3n) is 4.58. The van der Waals surface area contributed by atoms with E-state index in [-0.39, 0.29) is 17.9 Å². The van der Waals surface area contributed by atoms with E-state index in [0.717, 1.165) is 37.0 Å². The minimum atomic E-state index is -0.458. The molecule has 0 bridgehead atoms. The number of amides is 1. The van der Waals surface area contributed by atoms with Crippen LogP contribution >= 0.6 is 0 Å². The molecule has 2 aliphatic rings. The summed E-state index contributed by atoms with van der Waals surface area (Å²) in [5, 5.41) is 3.13. The van der Waals surface area contributed by atoms with Gasteiger partial charge in [0, 0.05) is 18.8 Å². The van der Waals surface area contributed by atoms with E-state index in [4.69, 9.17) is 15.2 Å². The molecule has 1 aromatic carbocycles. The van der Waals surface area contributed by atoms with Crippen LogP contribution in [0, 0.1) is 5.92 Å². The van der Waals surface area contributed by atoms with Crippen LogP contribution in [0.4, 0.5) is 0 Å². The number of carbonyl (C=O) groups excluding carboxylic acids is 1. The summed E-state index contributed by atoms with van der Waals surface area (Å²) in [5.74, 6) is 1.02. The van der Waals surface area contributed by atoms with Crippen LogP contribution in [0.5, 0.6) is 5.75 Å². The Morgan fingerprint density at radius 3 is 2.77 bits per heavy atom. The second kappa shape index (κ2) is 7.11. The lowest BCUT2D eigenvalue weighted by molar-refractivity contribution is -0.125. The molecule has 3 N–H and O–H groups in total. The van der Waals surface area contributed by atoms with Gasteiger partial charge in [-0.05, 0) is 37.7 Å². The van der Waals surface area contributed by atoms with Crippen LogP contribution in [0.3, 0.4) is 0 Å². The summed E-state index contributed by atoms with van der Waals surface area (Å²) in [6, 6.07) is 7.43. The first-order valence-electron chi connectivity index (χ1n) is 8.11. The van der Waals surface area contributed by atoms with Crippen LogP contribution in [0.25, 0.3) is 0 Å². The minimum absolute atomic E-state index is 0.0166. The molecule has 2 heterocycles. The third-order valence-corrected chi connectivity index (χ3v) is 4.58. The lowest BCUT2D eigenvalue weighted by Gasteiger charge is -2.28. The number of para-hydroxylation sites is 1. The molecule has 1 amide bonds. The predicted octanol–water partition coefficient (Wildman–Crippen LogP) is 1.77. The van der Waals surface area contributed by atoms with Crippen molar-refractivity contribution in [3.63, 3.8) is 0 Å². The molecule has 1 saturated heterocycles. The molecule has 0 spiro atoms. The molecule has 2 aliphatic heterocycles. The molecule has 120 valence electrons. The Hall–Kier alpha value is -1.59. The highest BCUT2D eigenvalue weighted by Gasteiger charge is 2.29. The quantitative estimate of drug-likeness (QED) is 0.892. The molecule has 0 aromatic heterocycles. The monoisotopic (exact) mass is 304 g/mol. The van der Waals surface area contributed by atoms with Crippen LogP contribution in [0.1, 0.15) is 37.3 Å². The molecule has 0 saturated carbocycles. The summed E-state index contributed by atoms with van der Waals surface area (Å²) in [4.78, 5) is 12.5. The number of hydrogen-bond acceptors (Lipinski definition) is 4. The summed E-state index contributed by atoms with van der Waals surface area (Å²) in [6.45, 7) is 2.09. The first-order valence-corrected chi connectivity index (χ1v) is 8.11. The fraction of sp³-hybridized carbons (Fsp3) is 0.588. The summed E-state index contributed by atoms with van der Waals surface area (Å²) < 4.78 is 11.1. The maximum Gasteiger partial charge on any atom is 0.237 e. The SMILES string of the molecule is NC(C(=O)NC1CCCOc2ccccc21)C1CCOCC1. The number of fused-ring (bicyclic) bond motifs is 1. The molecule has 1 fully saturated rings. The van der Waals surface area contributed by atoms with Crippen LogP contribution in [0.2, 0.25) is 0 Å². The second-order valence-corrected chi connectivity index (χ2v) is 6.07. The van der Waals surface area contributed by atoms with E-state index >= 15 is 0 Å². The van der Waals surface area contributed by atoms with E-state index < -0.39 is 6.04 Å². The molecule has 0 radical (unpaired) electrons. The highest BCUT2D eigenvalue weighted by Crippen LogP contribution is 2.31. The predicted molar refractivity (Wildman–Crippen MR) is 83.6 cm³/mol. The topological polar surface area (TPSA) is 73.6 Å². The molecular weight excluding hydrogens is 280 g/mol. The van der Waals surface area contributed by atoms with Crippen molar-refractivity contribution in [1.29, 1.82) is 0 Å². The normalized spacial score (nSPS) is 23.8. The minimum Gasteiger partial charge on any atom is -0.493 e. The van der Waals surface area contributed by atoms with Gasteiger partial charge in [-0.3, -0.25) is 4.79 Å². The number of nitrogens with one attached hydrogen (secondary N) is 1. The van der Waals surface area contributed by atoms with Crippen molar-refractivity contribution in [3.8, 4) is 5.75 Å². The van der Waals surface area contributed by atoms with Crippen LogP contribution in [0.15, 0.2) is 24.3 Å². The van der Waals surface area contributed by atoms with Gasteiger partial charge < -0.3 is 20.5 Å². The molecular formula is C17H24N2O3. The number of carbonyl (C=O) groups is 1. The second-order valence-electron chi connectivity index (χ2n) is 6.07. The molecule has 1 aromatic rings. The Morgan fingerprint density at radius 2 is 1.95 bits per heavy atom. The van der Waals surface area contributed by atoms with Crippen LogP contribution < -0.4 is 15.8 Å². The van der Waals surface area contributed by atoms with Gasteiger partial charge in [0.05, 0.1) is 18.7 Å². The summed E-state index contributed by atoms with van der Waals surface area (Å²) in [6.07, 6.45) is 3.52. The summed E-state index contributed by atoms with van der Waals surface area (Å²) in [7, 11) is 0. The van der Waals surface area contributed by atoms with E-state index in [9.17, 15) is 4.79 Å². The van der Waals surface area contributed by atoms with Gasteiger partial charge in [-0.1, -0.05) is 18.2 Å². The average Bonchev–Trinajstić information content (AvgIpc) is 2.77. The molecule has 3 rings (SSSR count). The highest BCUT2D eigenvalue weighted by atomic mass is 16.5. The fourth-order valence-electron chi connectivity index (χ4n) is 3.23. The number of ether oxygens (including phenoxy) is 2. The molecule has 2 unspecified atom stereocenters. The van der Waals surface area contributed by atoms with Crippen molar-refractivity contribution >= 4 is 5.91 Å². The Morgan fingerprint density at radius 1 is 1.18 bits per heavy atom. The van der Waals surface area contributed by atoms with Gasteiger partial charge in [0.1, 0.15) is 5.75 Å². The molecule has 0 aliphatic carbocycles. The van der Waals surface area contributed by atoms with Crippen LogP contribution in [-0.2, 0) is 9.53 Å². The van der Waals surface area contributed by atoms with Gasteiger partial charge in [-0.15, -0.1) is 0 Å². The largest absolute Gasteiger partial charge is 0.493 e. The van der Waals surface area contributed by atoms with E-state index in [2.05, 4.69) is 5.32 Å². The average molecular weight is 304 g/mol. The number of hydrogen-bond donors (Lipinski definition) is 2. The van der Waals surface area contributed by atoms with E-state index in [1.54, 1.807) is 0 Å². The summed E-state index contributed by atoms with van der Waals surface area (Å²) >= 11 is 0. The van der Waals surface area contributed by atoms with Crippen molar-refractivity contribution in [3.05, 3.63) is 29.8 Å². The van der Waals surface area contributed by atoms with Crippen LogP contribution in [-0.4, -0.2) is 31.8 Å². The Bertz CT molecular complexity index is 514. The molecule has 5 nitrogen and oxygen atoms in total. The van der Waals surface area contributed by atoms with Crippen molar-refractivity contribution < 1.29 is 14.3 Å². The van der Waals surface area contributed by atoms with E-state index in [1.165, 1.54) is 0 Å². The van der Waals surface area contributed by atoms with E-state index in [1.807, 2.05) is 24.3 Å². The Balaban J connectivity index is 1.68. The van der Waals surface area contributed by atoms with Gasteiger partial charge in [0.15, 0.2) is 0 Å². The standard InChI is InChI=1S/C17H24N2O3/c18-16(12-7-10-21-11-8-12)17(20)19-14-5-3-9-22-15-6-2-1-4-13(14)15/h1-2,4,6,12,14,16H,3,5,7-11,18H2,(H,19,20). The lowest BCUT2D eigenvalue weighted by atomic mass is 9.91. The maximum absolute atomic E-state index is 12.5. The molecule has 2 atom stereocenters. The number of rotatable bonds is 3. The number of nitrogens with two attached hydrogens (primary N) is 1. The number of benzene rings is 1. The van der Waals surface area contributed by atoms with Gasteiger partial charge in [0.2, 0.25) is 5.91 Å². The van der Waals surface area contributed by atoms with Crippen molar-refractivity contribution in [2.45, 2.75) is 37.8 Å². The first-order chi connectivity index (χ1) is 10.8. The van der Waals surface area contributed by atoms with E-state index in [0.29, 0.717) is 19.8 Å². The van der Waals surface area contributed by atoms with Crippen molar-refractivity contribution in [2.24, 2.45) is 11.7 Å². The van der Waals surface area contributed by atoms with Crippen molar-refractivity contribution in [1.82, 2.24) is 5.32 Å². The fourth-order valence-corrected chi connectivity index (χ4v) is 3.23. The molecule has 5 heteroatoms. The van der Waals surface area contributed by atoms with Crippen molar-refractivity contribution in [2.75, 3.05) is 19.8 Å². The van der Waals surface area contributed by atoms with Gasteiger partial charge >= 0.3 is 0 Å². The maximum atomic E-state index is 12.5. The zero-order valence-corrected chi connectivity index (χ0v) is 12.8. The zero-order chi connectivity index (χ0) is 15.4. The first kappa shape index (κ1) is 15.3. The zero-order valence-electron chi connectivity index (χ0n) is 12.8. The van der Waals surface area contributed by atoms with Gasteiger partial charge in [-0.2, -0.15) is 0 Å². The Labute approximate surface area is 131 Å². The van der Waals surface area contributed by atoms with Gasteiger partial charge in [0.25, 0.3) is 0 Å². The Kier molecular flexibility index (Phi) is 4.95. The van der Waals surface area contributed by atoms with Gasteiger partial charge in [-0.25, -0.2) is 0 Å². The smallest absolute Gasteiger partial charge is 0.237 e. The summed E-state index contributed by atoms with van der Waals surface area (Å²) in [5.41, 5.74) is 7.22. The highest BCUT2D eigenvalue weighted by molar-refractivity contribution is 5.82. The lowest BCUT2D eigenvalue weighted by Crippen LogP contribution is -2.48. The third kappa shape index (κ3) is 3.42.